The first kappa shape index (κ1) is 17.9. The van der Waals surface area contributed by atoms with Crippen LogP contribution in [0.15, 0.2) is 18.2 Å². The van der Waals surface area contributed by atoms with E-state index in [2.05, 4.69) is 42.1 Å². The summed E-state index contributed by atoms with van der Waals surface area (Å²) in [6.45, 7) is 8.03. The molecule has 2 unspecified atom stereocenters. The zero-order valence-corrected chi connectivity index (χ0v) is 12.0. The third kappa shape index (κ3) is 4.24. The predicted molar refractivity (Wildman–Crippen MR) is 84.8 cm³/mol. The van der Waals surface area contributed by atoms with Crippen molar-refractivity contribution in [2.45, 2.75) is 45.2 Å². The van der Waals surface area contributed by atoms with Gasteiger partial charge in [0.25, 0.3) is 0 Å². The van der Waals surface area contributed by atoms with Crippen LogP contribution in [0.3, 0.4) is 0 Å². The number of aryl methyl sites for hydroxylation is 2. The fraction of sp³-hybridized carbons (Fsp3) is 0.467. The van der Waals surface area contributed by atoms with Crippen LogP contribution in [0.5, 0.6) is 0 Å². The van der Waals surface area contributed by atoms with Crippen LogP contribution >= 0.6 is 9.24 Å². The number of Topliss-reactive ketones (excluding diaryl/α,β-unsaturated/α-hetero) is 1. The summed E-state index contributed by atoms with van der Waals surface area (Å²) in [6.07, 6.45) is 3.47. The van der Waals surface area contributed by atoms with Gasteiger partial charge in [-0.05, 0) is 30.4 Å². The third-order valence-electron chi connectivity index (χ3n) is 3.10. The Morgan fingerprint density at radius 1 is 1.28 bits per heavy atom. The molecule has 0 aliphatic carbocycles. The average molecular weight is 257 g/mol. The van der Waals surface area contributed by atoms with Gasteiger partial charge >= 0.3 is 18.9 Å². The topological polar surface area (TPSA) is 17.1 Å². The Kier molecular flexibility index (Phi) is 8.88. The number of hydrogen-bond donors (Lipinski definition) is 0. The van der Waals surface area contributed by atoms with E-state index in [1.165, 1.54) is 11.1 Å². The number of ketones is 1. The van der Waals surface area contributed by atoms with Crippen LogP contribution in [0.2, 0.25) is 0 Å². The molecule has 0 aliphatic rings. The zero-order chi connectivity index (χ0) is 12.8. The molecular formula is C15H23LiOP. The number of rotatable bonds is 6. The average Bonchev–Trinajstić information content (AvgIpc) is 2.37. The van der Waals surface area contributed by atoms with Crippen molar-refractivity contribution in [2.24, 2.45) is 0 Å². The molecule has 1 nitrogen and oxygen atoms in total. The number of hydrogen-bond acceptors (Lipinski definition) is 1. The molecule has 0 saturated carbocycles. The maximum atomic E-state index is 12.4. The number of carbonyl (C=O) groups is 1. The van der Waals surface area contributed by atoms with Crippen molar-refractivity contribution in [1.82, 2.24) is 0 Å². The van der Waals surface area contributed by atoms with E-state index in [1.807, 2.05) is 6.07 Å². The summed E-state index contributed by atoms with van der Waals surface area (Å²) in [5.41, 5.74) is 3.30. The first-order valence-corrected chi connectivity index (χ1v) is 7.02. The van der Waals surface area contributed by atoms with Crippen LogP contribution in [0.25, 0.3) is 0 Å². The number of carbonyl (C=O) groups excluding carboxylic acids is 1. The van der Waals surface area contributed by atoms with Gasteiger partial charge in [-0.1, -0.05) is 45.4 Å². The second-order valence-electron chi connectivity index (χ2n) is 4.27. The van der Waals surface area contributed by atoms with Crippen LogP contribution in [0.4, 0.5) is 0 Å². The SMILES string of the molecule is [CH2]CCC(P)C(=O)c1c(CC)cccc1CC.[LiH]. The van der Waals surface area contributed by atoms with Gasteiger partial charge in [0.1, 0.15) is 0 Å². The van der Waals surface area contributed by atoms with E-state index < -0.39 is 0 Å². The van der Waals surface area contributed by atoms with Crippen molar-refractivity contribution in [2.75, 3.05) is 0 Å². The zero-order valence-electron chi connectivity index (χ0n) is 10.8. The normalized spacial score (nSPS) is 11.8. The van der Waals surface area contributed by atoms with Crippen LogP contribution in [-0.2, 0) is 12.8 Å². The minimum absolute atomic E-state index is 0. The Balaban J connectivity index is 0.00000289. The summed E-state index contributed by atoms with van der Waals surface area (Å²) < 4.78 is 0. The summed E-state index contributed by atoms with van der Waals surface area (Å²) in [7, 11) is 2.66. The Labute approximate surface area is 126 Å². The molecule has 0 N–H and O–H groups in total. The summed E-state index contributed by atoms with van der Waals surface area (Å²) in [5.74, 6) is 0.257. The molecular weight excluding hydrogens is 234 g/mol. The first-order valence-electron chi connectivity index (χ1n) is 6.35. The van der Waals surface area contributed by atoms with Gasteiger partial charge in [0, 0.05) is 11.2 Å². The van der Waals surface area contributed by atoms with E-state index in [4.69, 9.17) is 0 Å². The fourth-order valence-electron chi connectivity index (χ4n) is 2.10. The Morgan fingerprint density at radius 3 is 2.17 bits per heavy atom. The van der Waals surface area contributed by atoms with Gasteiger partial charge in [0.05, 0.1) is 0 Å². The van der Waals surface area contributed by atoms with Gasteiger partial charge in [-0.2, -0.15) is 0 Å². The van der Waals surface area contributed by atoms with Crippen molar-refractivity contribution in [3.8, 4) is 0 Å². The molecule has 0 fully saturated rings. The molecule has 0 aliphatic heterocycles. The first-order chi connectivity index (χ1) is 8.15. The Hall–Kier alpha value is -0.0826. The minimum atomic E-state index is 0. The molecule has 0 heterocycles. The summed E-state index contributed by atoms with van der Waals surface area (Å²) in [4.78, 5) is 12.4. The van der Waals surface area contributed by atoms with Crippen molar-refractivity contribution >= 4 is 33.9 Å². The molecule has 1 aromatic carbocycles. The molecule has 0 amide bonds. The molecule has 18 heavy (non-hydrogen) atoms. The quantitative estimate of drug-likeness (QED) is 0.434. The second kappa shape index (κ2) is 8.92. The van der Waals surface area contributed by atoms with Crippen molar-refractivity contribution in [3.05, 3.63) is 41.8 Å². The van der Waals surface area contributed by atoms with Gasteiger partial charge in [-0.15, -0.1) is 9.24 Å². The van der Waals surface area contributed by atoms with Gasteiger partial charge in [0.2, 0.25) is 0 Å². The molecule has 2 atom stereocenters. The third-order valence-corrected chi connectivity index (χ3v) is 3.73. The van der Waals surface area contributed by atoms with E-state index in [-0.39, 0.29) is 30.3 Å². The molecule has 1 aromatic rings. The Bertz CT molecular complexity index is 368. The molecule has 95 valence electrons. The van der Waals surface area contributed by atoms with Crippen molar-refractivity contribution < 1.29 is 4.79 Å². The van der Waals surface area contributed by atoms with E-state index in [1.54, 1.807) is 0 Å². The van der Waals surface area contributed by atoms with Crippen LogP contribution < -0.4 is 0 Å². The standard InChI is InChI=1S/C15H22OP.Li.H/c1-4-8-13(17)15(16)14-11(5-2)9-7-10-12(14)6-3;;/h7,9-10,13H,1,4-6,8,17H2,2-3H3;;. The molecule has 0 aromatic heterocycles. The Morgan fingerprint density at radius 2 is 1.78 bits per heavy atom. The van der Waals surface area contributed by atoms with Gasteiger partial charge < -0.3 is 0 Å². The second-order valence-corrected chi connectivity index (χ2v) is 5.08. The van der Waals surface area contributed by atoms with Gasteiger partial charge in [-0.25, -0.2) is 0 Å². The predicted octanol–water partition coefficient (Wildman–Crippen LogP) is 3.20. The van der Waals surface area contributed by atoms with Gasteiger partial charge in [-0.3, -0.25) is 4.79 Å². The molecule has 1 radical (unpaired) electrons. The maximum absolute atomic E-state index is 12.4. The molecule has 1 rings (SSSR count). The van der Waals surface area contributed by atoms with Crippen LogP contribution in [-0.4, -0.2) is 30.3 Å². The summed E-state index contributed by atoms with van der Waals surface area (Å²) >= 11 is 0. The van der Waals surface area contributed by atoms with Crippen molar-refractivity contribution in [1.29, 1.82) is 0 Å². The van der Waals surface area contributed by atoms with Crippen molar-refractivity contribution in [3.63, 3.8) is 0 Å². The van der Waals surface area contributed by atoms with E-state index in [9.17, 15) is 4.79 Å². The van der Waals surface area contributed by atoms with Gasteiger partial charge in [0.15, 0.2) is 5.78 Å². The van der Waals surface area contributed by atoms with E-state index in [0.717, 1.165) is 31.2 Å². The molecule has 0 saturated heterocycles. The van der Waals surface area contributed by atoms with Crippen LogP contribution in [0, 0.1) is 6.92 Å². The van der Waals surface area contributed by atoms with E-state index >= 15 is 0 Å². The fourth-order valence-corrected chi connectivity index (χ4v) is 2.50. The van der Waals surface area contributed by atoms with Crippen LogP contribution in [0.1, 0.15) is 48.2 Å². The van der Waals surface area contributed by atoms with E-state index in [0.29, 0.717) is 0 Å². The molecule has 0 bridgehead atoms. The number of benzene rings is 1. The molecule has 0 spiro atoms. The summed E-state index contributed by atoms with van der Waals surface area (Å²) in [6, 6.07) is 6.18. The molecule has 3 heteroatoms. The summed E-state index contributed by atoms with van der Waals surface area (Å²) in [5, 5.41) is 0. The monoisotopic (exact) mass is 257 g/mol.